The molecule has 0 saturated carbocycles. The van der Waals surface area contributed by atoms with E-state index in [4.69, 9.17) is 9.47 Å². The number of nitrogens with zero attached hydrogens (tertiary/aromatic N) is 3. The van der Waals surface area contributed by atoms with Crippen LogP contribution in [0.3, 0.4) is 0 Å². The molecule has 0 spiro atoms. The number of nitrogens with one attached hydrogen (secondary N) is 2. The van der Waals surface area contributed by atoms with Crippen molar-refractivity contribution < 1.29 is 28.9 Å². The Morgan fingerprint density at radius 1 is 1.14 bits per heavy atom. The molecule has 0 radical (unpaired) electrons. The Morgan fingerprint density at radius 2 is 1.92 bits per heavy atom. The van der Waals surface area contributed by atoms with Crippen molar-refractivity contribution in [1.29, 1.82) is 0 Å². The zero-order chi connectivity index (χ0) is 26.7. The number of aryl methyl sites for hydroxylation is 1. The topological polar surface area (TPSA) is 133 Å². The van der Waals surface area contributed by atoms with Crippen molar-refractivity contribution in [3.8, 4) is 11.5 Å². The lowest BCUT2D eigenvalue weighted by Gasteiger charge is -2.19. The molecule has 4 aromatic rings. The number of halogens is 1. The molecule has 4 N–H and O–H groups in total. The number of fused-ring (bicyclic) bond motifs is 2. The number of benzene rings is 2. The third kappa shape index (κ3) is 5.89. The Hall–Kier alpha value is -3.96. The van der Waals surface area contributed by atoms with E-state index in [2.05, 4.69) is 20.3 Å². The van der Waals surface area contributed by atoms with Crippen LogP contribution in [0.1, 0.15) is 18.5 Å². The van der Waals surface area contributed by atoms with Crippen LogP contribution in [0.25, 0.3) is 21.8 Å². The average molecular weight is 512 g/mol. The van der Waals surface area contributed by atoms with E-state index in [0.29, 0.717) is 39.1 Å². The molecule has 0 aliphatic carbocycles. The van der Waals surface area contributed by atoms with Gasteiger partial charge in [-0.15, -0.1) is 0 Å². The summed E-state index contributed by atoms with van der Waals surface area (Å²) in [6, 6.07) is 8.48. The Morgan fingerprint density at radius 3 is 2.65 bits per heavy atom. The first-order valence-electron chi connectivity index (χ1n) is 11.7. The van der Waals surface area contributed by atoms with Gasteiger partial charge in [-0.2, -0.15) is 0 Å². The number of aromatic amines is 1. The molecule has 0 aliphatic heterocycles. The number of hydrogen-bond acceptors (Lipinski definition) is 8. The summed E-state index contributed by atoms with van der Waals surface area (Å²) in [4.78, 5) is 24.8. The summed E-state index contributed by atoms with van der Waals surface area (Å²) >= 11 is 0. The second-order valence-electron chi connectivity index (χ2n) is 9.05. The second-order valence-corrected chi connectivity index (χ2v) is 9.05. The highest BCUT2D eigenvalue weighted by atomic mass is 19.1. The van der Waals surface area contributed by atoms with Gasteiger partial charge in [0.2, 0.25) is 5.91 Å². The lowest BCUT2D eigenvalue weighted by atomic mass is 10.1. The molecule has 37 heavy (non-hydrogen) atoms. The van der Waals surface area contributed by atoms with Crippen molar-refractivity contribution in [3.05, 3.63) is 48.2 Å². The minimum Gasteiger partial charge on any atom is -0.493 e. The number of carbonyl (C=O) groups excluding carboxylic acids is 1. The summed E-state index contributed by atoms with van der Waals surface area (Å²) in [5.74, 6) is 0.438. The van der Waals surface area contributed by atoms with Crippen LogP contribution in [0, 0.1) is 12.7 Å². The van der Waals surface area contributed by atoms with E-state index in [0.717, 1.165) is 5.69 Å². The molecule has 2 unspecified atom stereocenters. The summed E-state index contributed by atoms with van der Waals surface area (Å²) in [6.45, 7) is 1.73. The first kappa shape index (κ1) is 26.1. The standard InChI is InChI=1S/C26H30FN5O5/c1-14-7-17-19(30-14)5-6-20(25(17)27)31-26-18-10-22(36-4)23(11-21(18)28-13-29-26)37-12-16(34)8-15(33)9-24(35)32(2)3/h5-7,10-11,13,15-16,30,33-34H,8-9,12H2,1-4H3,(H,28,29,31). The number of carbonyl (C=O) groups is 1. The third-order valence-corrected chi connectivity index (χ3v) is 5.93. The Balaban J connectivity index is 1.52. The van der Waals surface area contributed by atoms with Crippen LogP contribution in [0.15, 0.2) is 36.7 Å². The highest BCUT2D eigenvalue weighted by Gasteiger charge is 2.19. The largest absolute Gasteiger partial charge is 0.493 e. The highest BCUT2D eigenvalue weighted by Crippen LogP contribution is 2.36. The molecule has 1 amide bonds. The van der Waals surface area contributed by atoms with Crippen molar-refractivity contribution in [2.45, 2.75) is 32.0 Å². The van der Waals surface area contributed by atoms with Crippen LogP contribution in [-0.2, 0) is 4.79 Å². The number of anilines is 2. The van der Waals surface area contributed by atoms with Gasteiger partial charge in [-0.3, -0.25) is 4.79 Å². The van der Waals surface area contributed by atoms with Crippen molar-refractivity contribution in [1.82, 2.24) is 19.9 Å². The number of amides is 1. The highest BCUT2D eigenvalue weighted by molar-refractivity contribution is 5.94. The number of aliphatic hydroxyl groups is 2. The molecular formula is C26H30FN5O5. The van der Waals surface area contributed by atoms with Crippen LogP contribution in [0.5, 0.6) is 11.5 Å². The van der Waals surface area contributed by atoms with E-state index >= 15 is 4.39 Å². The molecule has 196 valence electrons. The van der Waals surface area contributed by atoms with Gasteiger partial charge in [-0.1, -0.05) is 0 Å². The number of aliphatic hydroxyl groups excluding tert-OH is 2. The molecule has 4 rings (SSSR count). The number of methoxy groups -OCH3 is 1. The monoisotopic (exact) mass is 511 g/mol. The summed E-state index contributed by atoms with van der Waals surface area (Å²) in [5.41, 5.74) is 2.34. The lowest BCUT2D eigenvalue weighted by molar-refractivity contribution is -0.131. The Labute approximate surface area is 213 Å². The maximum Gasteiger partial charge on any atom is 0.224 e. The van der Waals surface area contributed by atoms with Gasteiger partial charge in [-0.05, 0) is 31.2 Å². The predicted octanol–water partition coefficient (Wildman–Crippen LogP) is 3.28. The Kier molecular flexibility index (Phi) is 7.74. The Bertz CT molecular complexity index is 1420. The third-order valence-electron chi connectivity index (χ3n) is 5.93. The molecule has 11 heteroatoms. The van der Waals surface area contributed by atoms with E-state index in [1.54, 1.807) is 44.4 Å². The molecule has 2 aromatic carbocycles. The first-order chi connectivity index (χ1) is 17.7. The molecule has 0 aliphatic rings. The summed E-state index contributed by atoms with van der Waals surface area (Å²) < 4.78 is 26.3. The van der Waals surface area contributed by atoms with E-state index in [9.17, 15) is 15.0 Å². The van der Waals surface area contributed by atoms with E-state index in [1.807, 2.05) is 6.92 Å². The number of H-pyrrole nitrogens is 1. The first-order valence-corrected chi connectivity index (χ1v) is 11.7. The number of aromatic nitrogens is 3. The minimum atomic E-state index is -1.01. The molecule has 0 bridgehead atoms. The van der Waals surface area contributed by atoms with Gasteiger partial charge in [-0.25, -0.2) is 14.4 Å². The normalized spacial score (nSPS) is 12.9. The molecule has 2 aromatic heterocycles. The van der Waals surface area contributed by atoms with Crippen molar-refractivity contribution in [2.75, 3.05) is 33.1 Å². The van der Waals surface area contributed by atoms with Crippen LogP contribution in [0.4, 0.5) is 15.9 Å². The fourth-order valence-electron chi connectivity index (χ4n) is 4.00. The van der Waals surface area contributed by atoms with E-state index in [1.165, 1.54) is 18.3 Å². The van der Waals surface area contributed by atoms with Crippen molar-refractivity contribution in [3.63, 3.8) is 0 Å². The fourth-order valence-corrected chi connectivity index (χ4v) is 4.00. The molecule has 2 atom stereocenters. The second kappa shape index (κ2) is 11.0. The lowest BCUT2D eigenvalue weighted by Crippen LogP contribution is -2.30. The van der Waals surface area contributed by atoms with Gasteiger partial charge in [0.1, 0.15) is 18.8 Å². The van der Waals surface area contributed by atoms with Crippen LogP contribution >= 0.6 is 0 Å². The van der Waals surface area contributed by atoms with Crippen LogP contribution in [0.2, 0.25) is 0 Å². The molecule has 0 saturated heterocycles. The van der Waals surface area contributed by atoms with E-state index in [-0.39, 0.29) is 31.0 Å². The van der Waals surface area contributed by atoms with Gasteiger partial charge in [0.05, 0.1) is 36.9 Å². The molecule has 10 nitrogen and oxygen atoms in total. The molecular weight excluding hydrogens is 481 g/mol. The predicted molar refractivity (Wildman–Crippen MR) is 138 cm³/mol. The van der Waals surface area contributed by atoms with Crippen LogP contribution in [-0.4, -0.2) is 76.0 Å². The summed E-state index contributed by atoms with van der Waals surface area (Å²) in [6.07, 6.45) is -0.772. The van der Waals surface area contributed by atoms with Crippen molar-refractivity contribution in [2.24, 2.45) is 0 Å². The minimum absolute atomic E-state index is 0.0255. The van der Waals surface area contributed by atoms with Crippen molar-refractivity contribution >= 4 is 39.2 Å². The quantitative estimate of drug-likeness (QED) is 0.255. The number of ether oxygens (including phenoxy) is 2. The number of hydrogen-bond donors (Lipinski definition) is 4. The zero-order valence-electron chi connectivity index (χ0n) is 21.1. The fraction of sp³-hybridized carbons (Fsp3) is 0.346. The zero-order valence-corrected chi connectivity index (χ0v) is 21.1. The maximum atomic E-state index is 15.1. The molecule has 2 heterocycles. The van der Waals surface area contributed by atoms with Gasteiger partial charge in [0, 0.05) is 48.6 Å². The summed E-state index contributed by atoms with van der Waals surface area (Å²) in [7, 11) is 4.67. The smallest absolute Gasteiger partial charge is 0.224 e. The average Bonchev–Trinajstić information content (AvgIpc) is 3.25. The number of rotatable bonds is 10. The maximum absolute atomic E-state index is 15.1. The van der Waals surface area contributed by atoms with Gasteiger partial charge in [0.25, 0.3) is 0 Å². The van der Waals surface area contributed by atoms with Gasteiger partial charge >= 0.3 is 0 Å². The van der Waals surface area contributed by atoms with E-state index < -0.39 is 18.0 Å². The summed E-state index contributed by atoms with van der Waals surface area (Å²) in [5, 5.41) is 24.5. The SMILES string of the molecule is COc1cc2c(Nc3ccc4[nH]c(C)cc4c3F)ncnc2cc1OCC(O)CC(O)CC(=O)N(C)C. The molecule has 0 fully saturated rings. The van der Waals surface area contributed by atoms with Gasteiger partial charge < -0.3 is 34.9 Å². The van der Waals surface area contributed by atoms with Gasteiger partial charge in [0.15, 0.2) is 17.3 Å². The van der Waals surface area contributed by atoms with Crippen LogP contribution < -0.4 is 14.8 Å².